The number of benzene rings is 1. The Hall–Kier alpha value is -1.26. The summed E-state index contributed by atoms with van der Waals surface area (Å²) in [7, 11) is 0. The van der Waals surface area contributed by atoms with E-state index in [2.05, 4.69) is 23.1 Å². The van der Waals surface area contributed by atoms with Crippen LogP contribution in [0.15, 0.2) is 30.3 Å². The van der Waals surface area contributed by atoms with E-state index < -0.39 is 0 Å². The monoisotopic (exact) mass is 259 g/mol. The summed E-state index contributed by atoms with van der Waals surface area (Å²) in [6.07, 6.45) is 0. The van der Waals surface area contributed by atoms with E-state index in [1.807, 2.05) is 23.9 Å². The Kier molecular flexibility index (Phi) is 3.39. The Bertz CT molecular complexity index is 550. The number of aromatic nitrogens is 1. The highest BCUT2D eigenvalue weighted by molar-refractivity contribution is 7.99. The molecule has 1 aromatic heterocycles. The number of hydrogen-bond donors (Lipinski definition) is 1. The van der Waals surface area contributed by atoms with Crippen molar-refractivity contribution in [2.75, 3.05) is 29.5 Å². The Morgan fingerprint density at radius 2 is 2.00 bits per heavy atom. The number of hydrogen-bond acceptors (Lipinski definition) is 4. The lowest BCUT2D eigenvalue weighted by Gasteiger charge is -2.29. The maximum Gasteiger partial charge on any atom is 0.133 e. The third-order valence-electron chi connectivity index (χ3n) is 3.31. The van der Waals surface area contributed by atoms with E-state index in [1.54, 1.807) is 0 Å². The number of fused-ring (bicyclic) bond motifs is 1. The molecule has 2 heterocycles. The summed E-state index contributed by atoms with van der Waals surface area (Å²) in [4.78, 5) is 7.17. The molecule has 3 nitrogen and oxygen atoms in total. The molecule has 4 heteroatoms. The van der Waals surface area contributed by atoms with Crippen LogP contribution in [0.1, 0.15) is 5.56 Å². The van der Waals surface area contributed by atoms with Gasteiger partial charge in [-0.2, -0.15) is 11.8 Å². The molecule has 0 aliphatic carbocycles. The van der Waals surface area contributed by atoms with E-state index in [0.29, 0.717) is 6.54 Å². The van der Waals surface area contributed by atoms with Gasteiger partial charge in [0.2, 0.25) is 0 Å². The number of nitrogens with zero attached hydrogens (tertiary/aromatic N) is 2. The van der Waals surface area contributed by atoms with Crippen LogP contribution in [0.5, 0.6) is 0 Å². The van der Waals surface area contributed by atoms with Gasteiger partial charge in [-0.15, -0.1) is 0 Å². The molecule has 0 bridgehead atoms. The highest BCUT2D eigenvalue weighted by Crippen LogP contribution is 2.25. The average molecular weight is 259 g/mol. The largest absolute Gasteiger partial charge is 0.355 e. The summed E-state index contributed by atoms with van der Waals surface area (Å²) in [6, 6.07) is 10.4. The topological polar surface area (TPSA) is 42.1 Å². The van der Waals surface area contributed by atoms with Crippen molar-refractivity contribution in [3.8, 4) is 0 Å². The maximum atomic E-state index is 5.88. The van der Waals surface area contributed by atoms with Gasteiger partial charge < -0.3 is 10.6 Å². The Morgan fingerprint density at radius 3 is 2.78 bits per heavy atom. The van der Waals surface area contributed by atoms with Crippen LogP contribution in [-0.4, -0.2) is 29.6 Å². The molecule has 0 unspecified atom stereocenters. The van der Waals surface area contributed by atoms with E-state index >= 15 is 0 Å². The van der Waals surface area contributed by atoms with Crippen LogP contribution in [0.2, 0.25) is 0 Å². The van der Waals surface area contributed by atoms with Gasteiger partial charge in [-0.05, 0) is 12.1 Å². The second-order valence-corrected chi connectivity index (χ2v) is 5.69. The van der Waals surface area contributed by atoms with Crippen molar-refractivity contribution in [3.05, 3.63) is 35.9 Å². The summed E-state index contributed by atoms with van der Waals surface area (Å²) in [6.45, 7) is 2.70. The summed E-state index contributed by atoms with van der Waals surface area (Å²) in [5.74, 6) is 3.44. The van der Waals surface area contributed by atoms with E-state index in [-0.39, 0.29) is 0 Å². The maximum absolute atomic E-state index is 5.88. The number of pyridine rings is 1. The minimum absolute atomic E-state index is 0.552. The second kappa shape index (κ2) is 5.16. The molecule has 0 spiro atoms. The number of para-hydroxylation sites is 1. The molecule has 0 atom stereocenters. The van der Waals surface area contributed by atoms with Gasteiger partial charge in [0.05, 0.1) is 5.52 Å². The first-order valence-electron chi connectivity index (χ1n) is 6.30. The number of anilines is 1. The zero-order chi connectivity index (χ0) is 12.4. The zero-order valence-electron chi connectivity index (χ0n) is 10.3. The quantitative estimate of drug-likeness (QED) is 0.898. The van der Waals surface area contributed by atoms with Crippen LogP contribution in [0.25, 0.3) is 10.9 Å². The van der Waals surface area contributed by atoms with E-state index in [4.69, 9.17) is 10.7 Å². The highest BCUT2D eigenvalue weighted by Gasteiger charge is 2.16. The molecule has 94 valence electrons. The SMILES string of the molecule is NCc1cc2ccccc2nc1N1CCSCC1. The predicted molar refractivity (Wildman–Crippen MR) is 79.2 cm³/mol. The van der Waals surface area contributed by atoms with Crippen molar-refractivity contribution < 1.29 is 0 Å². The molecule has 1 aliphatic rings. The highest BCUT2D eigenvalue weighted by atomic mass is 32.2. The van der Waals surface area contributed by atoms with Gasteiger partial charge in [0.1, 0.15) is 5.82 Å². The summed E-state index contributed by atoms with van der Waals surface area (Å²) >= 11 is 2.01. The smallest absolute Gasteiger partial charge is 0.133 e. The van der Waals surface area contributed by atoms with Crippen molar-refractivity contribution in [2.24, 2.45) is 5.73 Å². The van der Waals surface area contributed by atoms with Gasteiger partial charge >= 0.3 is 0 Å². The van der Waals surface area contributed by atoms with Crippen LogP contribution in [0.4, 0.5) is 5.82 Å². The van der Waals surface area contributed by atoms with E-state index in [1.165, 1.54) is 16.9 Å². The van der Waals surface area contributed by atoms with E-state index in [0.717, 1.165) is 30.0 Å². The number of rotatable bonds is 2. The molecule has 0 amide bonds. The fraction of sp³-hybridized carbons (Fsp3) is 0.357. The van der Waals surface area contributed by atoms with Gasteiger partial charge in [0, 0.05) is 42.1 Å². The molecule has 2 N–H and O–H groups in total. The molecule has 18 heavy (non-hydrogen) atoms. The minimum atomic E-state index is 0.552. The zero-order valence-corrected chi connectivity index (χ0v) is 11.1. The number of thioether (sulfide) groups is 1. The molecule has 1 saturated heterocycles. The third kappa shape index (κ3) is 2.18. The van der Waals surface area contributed by atoms with Crippen LogP contribution in [0.3, 0.4) is 0 Å². The number of nitrogens with two attached hydrogens (primary N) is 1. The first kappa shape index (κ1) is 11.8. The third-order valence-corrected chi connectivity index (χ3v) is 4.25. The molecule has 3 rings (SSSR count). The average Bonchev–Trinajstić information content (AvgIpc) is 2.46. The fourth-order valence-corrected chi connectivity index (χ4v) is 3.25. The van der Waals surface area contributed by atoms with Crippen LogP contribution in [0, 0.1) is 0 Å². The Balaban J connectivity index is 2.08. The molecular formula is C14H17N3S. The van der Waals surface area contributed by atoms with Crippen molar-refractivity contribution >= 4 is 28.5 Å². The molecule has 1 aliphatic heterocycles. The molecule has 2 aromatic rings. The van der Waals surface area contributed by atoms with Crippen molar-refractivity contribution in [1.82, 2.24) is 4.98 Å². The first-order valence-corrected chi connectivity index (χ1v) is 7.45. The Labute approximate surface area is 111 Å². The molecule has 0 radical (unpaired) electrons. The normalized spacial score (nSPS) is 16.2. The molecule has 1 aromatic carbocycles. The molecule has 0 saturated carbocycles. The van der Waals surface area contributed by atoms with Crippen LogP contribution < -0.4 is 10.6 Å². The lowest BCUT2D eigenvalue weighted by Crippen LogP contribution is -2.34. The lowest BCUT2D eigenvalue weighted by atomic mass is 10.1. The van der Waals surface area contributed by atoms with Crippen molar-refractivity contribution in [3.63, 3.8) is 0 Å². The van der Waals surface area contributed by atoms with Gasteiger partial charge in [0.15, 0.2) is 0 Å². The summed E-state index contributed by atoms with van der Waals surface area (Å²) in [5.41, 5.74) is 8.09. The Morgan fingerprint density at radius 1 is 1.22 bits per heavy atom. The van der Waals surface area contributed by atoms with Gasteiger partial charge in [-0.25, -0.2) is 4.98 Å². The van der Waals surface area contributed by atoms with Gasteiger partial charge in [-0.3, -0.25) is 0 Å². The molecule has 1 fully saturated rings. The first-order chi connectivity index (χ1) is 8.88. The summed E-state index contributed by atoms with van der Waals surface area (Å²) in [5, 5.41) is 1.17. The van der Waals surface area contributed by atoms with Crippen molar-refractivity contribution in [2.45, 2.75) is 6.54 Å². The standard InChI is InChI=1S/C14H17N3S/c15-10-12-9-11-3-1-2-4-13(11)16-14(12)17-5-7-18-8-6-17/h1-4,9H,5-8,10,15H2. The second-order valence-electron chi connectivity index (χ2n) is 4.47. The van der Waals surface area contributed by atoms with E-state index in [9.17, 15) is 0 Å². The van der Waals surface area contributed by atoms with Crippen LogP contribution in [-0.2, 0) is 6.54 Å². The molecular weight excluding hydrogens is 242 g/mol. The van der Waals surface area contributed by atoms with Gasteiger partial charge in [-0.1, -0.05) is 18.2 Å². The van der Waals surface area contributed by atoms with Crippen molar-refractivity contribution in [1.29, 1.82) is 0 Å². The van der Waals surface area contributed by atoms with Crippen LogP contribution >= 0.6 is 11.8 Å². The predicted octanol–water partition coefficient (Wildman–Crippen LogP) is 2.25. The lowest BCUT2D eigenvalue weighted by molar-refractivity contribution is 0.829. The summed E-state index contributed by atoms with van der Waals surface area (Å²) < 4.78 is 0. The fourth-order valence-electron chi connectivity index (χ4n) is 2.35. The minimum Gasteiger partial charge on any atom is -0.355 e. The van der Waals surface area contributed by atoms with Gasteiger partial charge in [0.25, 0.3) is 0 Å².